The molecular formula is C21H38O4. The molecule has 2 N–H and O–H groups in total. The van der Waals surface area contributed by atoms with Crippen LogP contribution in [0.1, 0.15) is 96.8 Å². The number of ketones is 2. The van der Waals surface area contributed by atoms with Gasteiger partial charge in [0.05, 0.1) is 0 Å². The molecule has 0 heterocycles. The molecule has 0 aliphatic carbocycles. The summed E-state index contributed by atoms with van der Waals surface area (Å²) < 4.78 is 0. The number of aliphatic hydroxyl groups excluding tert-OH is 2. The third kappa shape index (κ3) is 15.0. The molecule has 0 radical (unpaired) electrons. The number of Topliss-reactive ketones (excluding diaryl/α,β-unsaturated/α-hetero) is 2. The highest BCUT2D eigenvalue weighted by molar-refractivity contribution is 6.05. The summed E-state index contributed by atoms with van der Waals surface area (Å²) in [6, 6.07) is 0. The molecule has 4 nitrogen and oxygen atoms in total. The monoisotopic (exact) mass is 354 g/mol. The zero-order valence-electron chi connectivity index (χ0n) is 16.0. The van der Waals surface area contributed by atoms with Crippen molar-refractivity contribution in [3.05, 3.63) is 12.2 Å². The van der Waals surface area contributed by atoms with Crippen LogP contribution >= 0.6 is 0 Å². The molecule has 1 atom stereocenters. The van der Waals surface area contributed by atoms with Crippen molar-refractivity contribution in [3.63, 3.8) is 0 Å². The minimum atomic E-state index is -1.64. The molecule has 25 heavy (non-hydrogen) atoms. The van der Waals surface area contributed by atoms with E-state index < -0.39 is 24.3 Å². The molecule has 1 unspecified atom stereocenters. The summed E-state index contributed by atoms with van der Waals surface area (Å²) in [5, 5.41) is 17.9. The predicted molar refractivity (Wildman–Crippen MR) is 103 cm³/mol. The lowest BCUT2D eigenvalue weighted by molar-refractivity contribution is -0.140. The van der Waals surface area contributed by atoms with Crippen LogP contribution in [0.5, 0.6) is 0 Å². The molecule has 0 fully saturated rings. The molecule has 0 rings (SSSR count). The van der Waals surface area contributed by atoms with E-state index >= 15 is 0 Å². The van der Waals surface area contributed by atoms with E-state index in [1.54, 1.807) is 0 Å². The van der Waals surface area contributed by atoms with Crippen LogP contribution in [0, 0.1) is 0 Å². The molecule has 4 heteroatoms. The summed E-state index contributed by atoms with van der Waals surface area (Å²) >= 11 is 0. The van der Waals surface area contributed by atoms with E-state index in [0.717, 1.165) is 25.7 Å². The van der Waals surface area contributed by atoms with E-state index in [9.17, 15) is 14.7 Å². The number of carbonyl (C=O) groups is 2. The molecule has 0 saturated heterocycles. The predicted octanol–water partition coefficient (Wildman–Crippen LogP) is 4.52. The minimum absolute atomic E-state index is 0.213. The van der Waals surface area contributed by atoms with Crippen molar-refractivity contribution in [2.24, 2.45) is 0 Å². The highest BCUT2D eigenvalue weighted by atomic mass is 16.3. The molecule has 0 aliphatic heterocycles. The molecule has 0 aliphatic rings. The van der Waals surface area contributed by atoms with Crippen LogP contribution in [0.15, 0.2) is 12.2 Å². The molecule has 146 valence electrons. The van der Waals surface area contributed by atoms with Gasteiger partial charge in [0.15, 0.2) is 17.7 Å². The Morgan fingerprint density at radius 2 is 1.24 bits per heavy atom. The first-order valence-electron chi connectivity index (χ1n) is 10.1. The maximum Gasteiger partial charge on any atom is 0.194 e. The zero-order valence-corrected chi connectivity index (χ0v) is 16.0. The topological polar surface area (TPSA) is 74.6 Å². The van der Waals surface area contributed by atoms with Gasteiger partial charge in [-0.25, -0.2) is 0 Å². The lowest BCUT2D eigenvalue weighted by atomic mass is 10.0. The third-order valence-electron chi connectivity index (χ3n) is 4.45. The number of rotatable bonds is 18. The lowest BCUT2D eigenvalue weighted by Gasteiger charge is -2.06. The SMILES string of the molecule is CCCCCCCC/C=C\CCCCCCCC(=O)C(O)C(=O)CO. The van der Waals surface area contributed by atoms with Crippen LogP contribution in [-0.2, 0) is 9.59 Å². The first kappa shape index (κ1) is 24.0. The highest BCUT2D eigenvalue weighted by Gasteiger charge is 2.21. The Labute approximate surface area is 153 Å². The van der Waals surface area contributed by atoms with E-state index in [1.165, 1.54) is 51.4 Å². The van der Waals surface area contributed by atoms with Crippen LogP contribution in [-0.4, -0.2) is 34.5 Å². The van der Waals surface area contributed by atoms with Crippen LogP contribution in [0.4, 0.5) is 0 Å². The zero-order chi connectivity index (χ0) is 18.8. The van der Waals surface area contributed by atoms with E-state index in [1.807, 2.05) is 0 Å². The van der Waals surface area contributed by atoms with Crippen LogP contribution < -0.4 is 0 Å². The van der Waals surface area contributed by atoms with E-state index in [4.69, 9.17) is 5.11 Å². The van der Waals surface area contributed by atoms with Gasteiger partial charge in [0.25, 0.3) is 0 Å². The smallest absolute Gasteiger partial charge is 0.194 e. The summed E-state index contributed by atoms with van der Waals surface area (Å²) in [5.74, 6) is -1.28. The largest absolute Gasteiger partial charge is 0.388 e. The van der Waals surface area contributed by atoms with Gasteiger partial charge in [-0.3, -0.25) is 9.59 Å². The standard InChI is InChI=1S/C21H38O4/c1-2-3-4-5-6-7-8-9-10-11-12-13-14-15-16-17-19(23)21(25)20(24)18-22/h9-10,21-22,25H,2-8,11-18H2,1H3/b10-9-. The Bertz CT molecular complexity index is 363. The molecule has 0 bridgehead atoms. The average molecular weight is 355 g/mol. The summed E-state index contributed by atoms with van der Waals surface area (Å²) in [6.45, 7) is 1.47. The molecule has 0 amide bonds. The van der Waals surface area contributed by atoms with Gasteiger partial charge in [0, 0.05) is 6.42 Å². The van der Waals surface area contributed by atoms with Gasteiger partial charge in [-0.15, -0.1) is 0 Å². The maximum absolute atomic E-state index is 11.5. The Hall–Kier alpha value is -1.00. The summed E-state index contributed by atoms with van der Waals surface area (Å²) in [5.41, 5.74) is 0. The number of carbonyl (C=O) groups excluding carboxylic acids is 2. The van der Waals surface area contributed by atoms with Crippen molar-refractivity contribution in [1.29, 1.82) is 0 Å². The Kier molecular flexibility index (Phi) is 17.1. The van der Waals surface area contributed by atoms with Crippen molar-refractivity contribution >= 4 is 11.6 Å². The van der Waals surface area contributed by atoms with E-state index in [0.29, 0.717) is 6.42 Å². The van der Waals surface area contributed by atoms with Gasteiger partial charge >= 0.3 is 0 Å². The van der Waals surface area contributed by atoms with Gasteiger partial charge < -0.3 is 10.2 Å². The molecule has 0 saturated carbocycles. The van der Waals surface area contributed by atoms with Crippen LogP contribution in [0.3, 0.4) is 0 Å². The summed E-state index contributed by atoms with van der Waals surface area (Å²) in [6.07, 6.45) is 18.6. The van der Waals surface area contributed by atoms with Crippen molar-refractivity contribution in [3.8, 4) is 0 Å². The van der Waals surface area contributed by atoms with Gasteiger partial charge in [-0.1, -0.05) is 70.4 Å². The van der Waals surface area contributed by atoms with Crippen molar-refractivity contribution in [2.75, 3.05) is 6.61 Å². The number of hydrogen-bond donors (Lipinski definition) is 2. The first-order chi connectivity index (χ1) is 12.1. The van der Waals surface area contributed by atoms with Gasteiger partial charge in [-0.2, -0.15) is 0 Å². The summed E-state index contributed by atoms with van der Waals surface area (Å²) in [4.78, 5) is 22.5. The summed E-state index contributed by atoms with van der Waals surface area (Å²) in [7, 11) is 0. The Morgan fingerprint density at radius 3 is 1.76 bits per heavy atom. The van der Waals surface area contributed by atoms with Crippen LogP contribution in [0.2, 0.25) is 0 Å². The molecule has 0 aromatic rings. The minimum Gasteiger partial charge on any atom is -0.388 e. The lowest BCUT2D eigenvalue weighted by Crippen LogP contribution is -2.31. The van der Waals surface area contributed by atoms with Gasteiger partial charge in [0.1, 0.15) is 6.61 Å². The molecule has 0 aromatic heterocycles. The van der Waals surface area contributed by atoms with Crippen molar-refractivity contribution in [1.82, 2.24) is 0 Å². The second-order valence-corrected chi connectivity index (χ2v) is 6.83. The maximum atomic E-state index is 11.5. The second-order valence-electron chi connectivity index (χ2n) is 6.83. The number of aliphatic hydroxyl groups is 2. The average Bonchev–Trinajstić information content (AvgIpc) is 2.63. The van der Waals surface area contributed by atoms with Crippen molar-refractivity contribution < 1.29 is 19.8 Å². The first-order valence-corrected chi connectivity index (χ1v) is 10.1. The van der Waals surface area contributed by atoms with Crippen LogP contribution in [0.25, 0.3) is 0 Å². The molecular weight excluding hydrogens is 316 g/mol. The van der Waals surface area contributed by atoms with Gasteiger partial charge in [-0.05, 0) is 32.1 Å². The quantitative estimate of drug-likeness (QED) is 0.216. The van der Waals surface area contributed by atoms with E-state index in [2.05, 4.69) is 19.1 Å². The normalized spacial score (nSPS) is 12.6. The van der Waals surface area contributed by atoms with Crippen molar-refractivity contribution in [2.45, 2.75) is 103 Å². The highest BCUT2D eigenvalue weighted by Crippen LogP contribution is 2.10. The second kappa shape index (κ2) is 17.8. The third-order valence-corrected chi connectivity index (χ3v) is 4.45. The molecule has 0 aromatic carbocycles. The fourth-order valence-electron chi connectivity index (χ4n) is 2.77. The fourth-order valence-corrected chi connectivity index (χ4v) is 2.77. The fraction of sp³-hybridized carbons (Fsp3) is 0.810. The number of allylic oxidation sites excluding steroid dienone is 2. The Balaban J connectivity index is 3.34. The Morgan fingerprint density at radius 1 is 0.760 bits per heavy atom. The number of unbranched alkanes of at least 4 members (excludes halogenated alkanes) is 11. The molecule has 0 spiro atoms. The van der Waals surface area contributed by atoms with E-state index in [-0.39, 0.29) is 6.42 Å². The van der Waals surface area contributed by atoms with Gasteiger partial charge in [0.2, 0.25) is 0 Å². The number of hydrogen-bond acceptors (Lipinski definition) is 4.